The fourth-order valence-corrected chi connectivity index (χ4v) is 1.36. The van der Waals surface area contributed by atoms with Crippen LogP contribution in [0.25, 0.3) is 0 Å². The fraction of sp³-hybridized carbons (Fsp3) is 0.643. The van der Waals surface area contributed by atoms with Crippen molar-refractivity contribution in [2.45, 2.75) is 33.4 Å². The lowest BCUT2D eigenvalue weighted by atomic mass is 9.87. The summed E-state index contributed by atoms with van der Waals surface area (Å²) in [5, 5.41) is 8.32. The van der Waals surface area contributed by atoms with Crippen LogP contribution in [0.5, 0.6) is 0 Å². The van der Waals surface area contributed by atoms with Crippen LogP contribution < -0.4 is 0 Å². The van der Waals surface area contributed by atoms with Gasteiger partial charge in [-0.2, -0.15) is 0 Å². The van der Waals surface area contributed by atoms with E-state index in [1.165, 1.54) is 4.90 Å². The van der Waals surface area contributed by atoms with E-state index in [1.807, 2.05) is 0 Å². The van der Waals surface area contributed by atoms with Gasteiger partial charge in [0, 0.05) is 24.1 Å². The minimum atomic E-state index is -1.56. The molecule has 6 nitrogen and oxygen atoms in total. The van der Waals surface area contributed by atoms with Crippen molar-refractivity contribution in [2.24, 2.45) is 5.41 Å². The van der Waals surface area contributed by atoms with Crippen LogP contribution >= 0.6 is 0 Å². The summed E-state index contributed by atoms with van der Waals surface area (Å²) in [6.07, 6.45) is -0.0936. The van der Waals surface area contributed by atoms with E-state index in [4.69, 9.17) is 9.84 Å². The number of hydrogen-bond donors (Lipinski definition) is 1. The van der Waals surface area contributed by atoms with E-state index in [1.54, 1.807) is 27.8 Å². The summed E-state index contributed by atoms with van der Waals surface area (Å²) < 4.78 is 18.4. The minimum Gasteiger partial charge on any atom is -0.478 e. The number of carboxylic acid groups (broad SMARTS) is 1. The molecule has 0 saturated heterocycles. The first kappa shape index (κ1) is 19.2. The second-order valence-corrected chi connectivity index (χ2v) is 5.71. The zero-order chi connectivity index (χ0) is 16.6. The number of rotatable bonds is 8. The van der Waals surface area contributed by atoms with Crippen LogP contribution in [-0.4, -0.2) is 54.2 Å². The Morgan fingerprint density at radius 1 is 1.29 bits per heavy atom. The molecule has 0 aromatic carbocycles. The van der Waals surface area contributed by atoms with Crippen LogP contribution in [0.4, 0.5) is 4.39 Å². The molecule has 1 N–H and O–H groups in total. The summed E-state index contributed by atoms with van der Waals surface area (Å²) in [6.45, 7) is 5.09. The molecule has 0 aromatic heterocycles. The summed E-state index contributed by atoms with van der Waals surface area (Å²) in [7, 11) is 1.60. The standard InChI is InChI=1S/C14H22FNO5/c1-14(2,3)13(20)10(15)7-8-16(4)9-21-12(19)6-5-11(17)18/h5-6,10H,7-9H2,1-4H3,(H,17,18)/b6-5-. The molecule has 7 heteroatoms. The Morgan fingerprint density at radius 3 is 2.33 bits per heavy atom. The van der Waals surface area contributed by atoms with Gasteiger partial charge in [-0.05, 0) is 13.5 Å². The molecule has 0 aliphatic carbocycles. The quantitative estimate of drug-likeness (QED) is 0.414. The van der Waals surface area contributed by atoms with Crippen LogP contribution in [0.3, 0.4) is 0 Å². The molecular weight excluding hydrogens is 281 g/mol. The minimum absolute atomic E-state index is 0.00905. The lowest BCUT2D eigenvalue weighted by Gasteiger charge is -2.21. The first-order valence-corrected chi connectivity index (χ1v) is 6.48. The van der Waals surface area contributed by atoms with E-state index < -0.39 is 29.3 Å². The number of Topliss-reactive ketones (excluding diaryl/α,β-unsaturated/α-hetero) is 1. The van der Waals surface area contributed by atoms with Gasteiger partial charge in [-0.25, -0.2) is 14.0 Å². The van der Waals surface area contributed by atoms with Gasteiger partial charge in [-0.15, -0.1) is 0 Å². The molecule has 1 unspecified atom stereocenters. The second-order valence-electron chi connectivity index (χ2n) is 5.71. The Labute approximate surface area is 123 Å². The number of nitrogens with zero attached hydrogens (tertiary/aromatic N) is 1. The van der Waals surface area contributed by atoms with Gasteiger partial charge in [0.1, 0.15) is 6.73 Å². The smallest absolute Gasteiger partial charge is 0.332 e. The third-order valence-corrected chi connectivity index (χ3v) is 2.58. The van der Waals surface area contributed by atoms with E-state index >= 15 is 0 Å². The largest absolute Gasteiger partial charge is 0.478 e. The summed E-state index contributed by atoms with van der Waals surface area (Å²) in [4.78, 5) is 34.5. The lowest BCUT2D eigenvalue weighted by Crippen LogP contribution is -2.33. The van der Waals surface area contributed by atoms with Crippen LogP contribution in [0, 0.1) is 5.41 Å². The van der Waals surface area contributed by atoms with Gasteiger partial charge < -0.3 is 9.84 Å². The summed E-state index contributed by atoms with van der Waals surface area (Å²) >= 11 is 0. The molecule has 0 spiro atoms. The Balaban J connectivity index is 4.06. The first-order valence-electron chi connectivity index (χ1n) is 6.48. The highest BCUT2D eigenvalue weighted by Crippen LogP contribution is 2.20. The third-order valence-electron chi connectivity index (χ3n) is 2.58. The van der Waals surface area contributed by atoms with Gasteiger partial charge in [0.2, 0.25) is 0 Å². The Bertz CT molecular complexity index is 414. The first-order chi connectivity index (χ1) is 9.54. The van der Waals surface area contributed by atoms with Crippen molar-refractivity contribution in [3.8, 4) is 0 Å². The molecule has 0 heterocycles. The monoisotopic (exact) mass is 303 g/mol. The topological polar surface area (TPSA) is 83.9 Å². The van der Waals surface area contributed by atoms with Crippen molar-refractivity contribution in [2.75, 3.05) is 20.3 Å². The highest BCUT2D eigenvalue weighted by molar-refractivity contribution is 5.90. The number of alkyl halides is 1. The van der Waals surface area contributed by atoms with Crippen molar-refractivity contribution in [3.05, 3.63) is 12.2 Å². The highest BCUT2D eigenvalue weighted by atomic mass is 19.1. The molecule has 120 valence electrons. The average Bonchev–Trinajstić information content (AvgIpc) is 2.38. The van der Waals surface area contributed by atoms with Crippen LogP contribution in [0.2, 0.25) is 0 Å². The zero-order valence-corrected chi connectivity index (χ0v) is 12.8. The maximum Gasteiger partial charge on any atom is 0.332 e. The van der Waals surface area contributed by atoms with Crippen LogP contribution in [0.15, 0.2) is 12.2 Å². The summed E-state index contributed by atoms with van der Waals surface area (Å²) in [6, 6.07) is 0. The molecule has 0 aromatic rings. The van der Waals surface area contributed by atoms with Crippen molar-refractivity contribution < 1.29 is 28.6 Å². The molecular formula is C14H22FNO5. The van der Waals surface area contributed by atoms with E-state index in [-0.39, 0.29) is 19.7 Å². The number of ketones is 1. The summed E-state index contributed by atoms with van der Waals surface area (Å²) in [5.41, 5.74) is -0.730. The maximum absolute atomic E-state index is 13.7. The van der Waals surface area contributed by atoms with Crippen molar-refractivity contribution in [3.63, 3.8) is 0 Å². The molecule has 0 fully saturated rings. The number of aliphatic carboxylic acids is 1. The molecule has 0 rings (SSSR count). The van der Waals surface area contributed by atoms with Gasteiger partial charge in [0.15, 0.2) is 12.0 Å². The van der Waals surface area contributed by atoms with Crippen molar-refractivity contribution >= 4 is 17.7 Å². The lowest BCUT2D eigenvalue weighted by molar-refractivity contribution is -0.143. The molecule has 0 amide bonds. The van der Waals surface area contributed by atoms with Crippen molar-refractivity contribution in [1.29, 1.82) is 0 Å². The normalized spacial score (nSPS) is 13.4. The van der Waals surface area contributed by atoms with Gasteiger partial charge in [0.05, 0.1) is 0 Å². The maximum atomic E-state index is 13.7. The van der Waals surface area contributed by atoms with Crippen LogP contribution in [0.1, 0.15) is 27.2 Å². The van der Waals surface area contributed by atoms with Gasteiger partial charge >= 0.3 is 11.9 Å². The van der Waals surface area contributed by atoms with E-state index in [0.717, 1.165) is 6.08 Å². The SMILES string of the molecule is CN(CCC(F)C(=O)C(C)(C)C)COC(=O)/C=C\C(=O)O. The Kier molecular flexibility index (Phi) is 7.80. The molecule has 0 aliphatic heterocycles. The molecule has 21 heavy (non-hydrogen) atoms. The highest BCUT2D eigenvalue weighted by Gasteiger charge is 2.29. The van der Waals surface area contributed by atoms with Gasteiger partial charge in [0.25, 0.3) is 0 Å². The number of carbonyl (C=O) groups is 3. The average molecular weight is 303 g/mol. The number of hydrogen-bond acceptors (Lipinski definition) is 5. The predicted molar refractivity (Wildman–Crippen MR) is 74.3 cm³/mol. The number of carboxylic acids is 1. The number of halogens is 1. The van der Waals surface area contributed by atoms with E-state index in [9.17, 15) is 18.8 Å². The van der Waals surface area contributed by atoms with Gasteiger partial charge in [-0.1, -0.05) is 20.8 Å². The number of carbonyl (C=O) groups excluding carboxylic acids is 2. The van der Waals surface area contributed by atoms with E-state index in [0.29, 0.717) is 6.08 Å². The number of ether oxygens (including phenoxy) is 1. The van der Waals surface area contributed by atoms with E-state index in [2.05, 4.69) is 0 Å². The third kappa shape index (κ3) is 8.91. The zero-order valence-electron chi connectivity index (χ0n) is 12.8. The Morgan fingerprint density at radius 2 is 1.86 bits per heavy atom. The van der Waals surface area contributed by atoms with Crippen LogP contribution in [-0.2, 0) is 19.1 Å². The summed E-state index contributed by atoms with van der Waals surface area (Å²) in [5.74, 6) is -2.51. The molecule has 0 saturated carbocycles. The molecule has 0 bridgehead atoms. The predicted octanol–water partition coefficient (Wildman–Crippen LogP) is 1.40. The van der Waals surface area contributed by atoms with Gasteiger partial charge in [-0.3, -0.25) is 9.69 Å². The second kappa shape index (κ2) is 8.51. The van der Waals surface area contributed by atoms with Crippen molar-refractivity contribution in [1.82, 2.24) is 4.90 Å². The molecule has 0 aliphatic rings. The Hall–Kier alpha value is -1.76. The molecule has 1 atom stereocenters. The molecule has 0 radical (unpaired) electrons. The number of esters is 1. The fourth-order valence-electron chi connectivity index (χ4n) is 1.36.